The molecule has 0 spiro atoms. The number of nitrogens with one attached hydrogen (secondary N) is 1. The Morgan fingerprint density at radius 2 is 1.95 bits per heavy atom. The molecule has 0 radical (unpaired) electrons. The fourth-order valence-electron chi connectivity index (χ4n) is 1.69. The van der Waals surface area contributed by atoms with Gasteiger partial charge in [-0.05, 0) is 36.4 Å². The standard InChI is InChI=1S/C14H11BrF2N2O/c15-9-1-3-11(13(18)6-9)14(20)19-7-8-5-10(16)2-4-12(8)17/h1-6H,7,18H2,(H,19,20). The van der Waals surface area contributed by atoms with Crippen LogP contribution in [0.1, 0.15) is 15.9 Å². The number of hydrogen-bond acceptors (Lipinski definition) is 2. The van der Waals surface area contributed by atoms with Crippen LogP contribution in [-0.2, 0) is 6.54 Å². The molecule has 0 aliphatic rings. The summed E-state index contributed by atoms with van der Waals surface area (Å²) in [5, 5.41) is 2.50. The molecule has 2 aromatic carbocycles. The summed E-state index contributed by atoms with van der Waals surface area (Å²) < 4.78 is 27.2. The van der Waals surface area contributed by atoms with Crippen molar-refractivity contribution in [2.24, 2.45) is 0 Å². The van der Waals surface area contributed by atoms with Gasteiger partial charge in [0, 0.05) is 22.3 Å². The lowest BCUT2D eigenvalue weighted by Crippen LogP contribution is -2.24. The van der Waals surface area contributed by atoms with Crippen LogP contribution in [0.15, 0.2) is 40.9 Å². The van der Waals surface area contributed by atoms with Crippen molar-refractivity contribution in [2.75, 3.05) is 5.73 Å². The molecular formula is C14H11BrF2N2O. The predicted octanol–water partition coefficient (Wildman–Crippen LogP) is 3.24. The highest BCUT2D eigenvalue weighted by Crippen LogP contribution is 2.18. The van der Waals surface area contributed by atoms with Gasteiger partial charge in [0.1, 0.15) is 11.6 Å². The number of rotatable bonds is 3. The Bertz CT molecular complexity index is 662. The minimum absolute atomic E-state index is 0.0778. The number of nitrogens with two attached hydrogens (primary N) is 1. The number of hydrogen-bond donors (Lipinski definition) is 2. The first kappa shape index (κ1) is 14.5. The summed E-state index contributed by atoms with van der Waals surface area (Å²) >= 11 is 3.24. The lowest BCUT2D eigenvalue weighted by atomic mass is 10.1. The van der Waals surface area contributed by atoms with Crippen LogP contribution in [0.25, 0.3) is 0 Å². The second kappa shape index (κ2) is 6.00. The van der Waals surface area contributed by atoms with Gasteiger partial charge >= 0.3 is 0 Å². The maximum Gasteiger partial charge on any atom is 0.253 e. The van der Waals surface area contributed by atoms with Crippen LogP contribution < -0.4 is 11.1 Å². The molecule has 6 heteroatoms. The molecule has 1 amide bonds. The Balaban J connectivity index is 2.10. The van der Waals surface area contributed by atoms with Gasteiger partial charge in [-0.2, -0.15) is 0 Å². The summed E-state index contributed by atoms with van der Waals surface area (Å²) in [6.45, 7) is -0.113. The van der Waals surface area contributed by atoms with Gasteiger partial charge < -0.3 is 11.1 Å². The molecule has 2 rings (SSSR count). The normalized spacial score (nSPS) is 10.3. The number of carbonyl (C=O) groups excluding carboxylic acids is 1. The predicted molar refractivity (Wildman–Crippen MR) is 76.1 cm³/mol. The van der Waals surface area contributed by atoms with Crippen molar-refractivity contribution in [3.63, 3.8) is 0 Å². The Hall–Kier alpha value is -1.95. The summed E-state index contributed by atoms with van der Waals surface area (Å²) in [5.41, 5.74) is 6.38. The van der Waals surface area contributed by atoms with Gasteiger partial charge in [0.05, 0.1) is 5.56 Å². The van der Waals surface area contributed by atoms with E-state index >= 15 is 0 Å². The molecule has 0 unspecified atom stereocenters. The second-order valence-electron chi connectivity index (χ2n) is 4.15. The van der Waals surface area contributed by atoms with E-state index in [2.05, 4.69) is 21.2 Å². The number of anilines is 1. The van der Waals surface area contributed by atoms with E-state index in [4.69, 9.17) is 5.73 Å². The van der Waals surface area contributed by atoms with Gasteiger partial charge in [-0.25, -0.2) is 8.78 Å². The van der Waals surface area contributed by atoms with Crippen LogP contribution >= 0.6 is 15.9 Å². The van der Waals surface area contributed by atoms with Gasteiger partial charge in [-0.3, -0.25) is 4.79 Å². The van der Waals surface area contributed by atoms with Crippen molar-refractivity contribution in [3.8, 4) is 0 Å². The van der Waals surface area contributed by atoms with Gasteiger partial charge in [0.15, 0.2) is 0 Å². The van der Waals surface area contributed by atoms with E-state index in [-0.39, 0.29) is 17.7 Å². The minimum Gasteiger partial charge on any atom is -0.398 e. The average molecular weight is 341 g/mol. The van der Waals surface area contributed by atoms with Gasteiger partial charge in [-0.1, -0.05) is 15.9 Å². The van der Waals surface area contributed by atoms with Gasteiger partial charge in [0.25, 0.3) is 5.91 Å². The van der Waals surface area contributed by atoms with Crippen LogP contribution in [0, 0.1) is 11.6 Å². The SMILES string of the molecule is Nc1cc(Br)ccc1C(=O)NCc1cc(F)ccc1F. The lowest BCUT2D eigenvalue weighted by molar-refractivity contribution is 0.0951. The zero-order valence-electron chi connectivity index (χ0n) is 10.3. The van der Waals surface area contributed by atoms with Crippen molar-refractivity contribution in [2.45, 2.75) is 6.54 Å². The van der Waals surface area contributed by atoms with E-state index in [0.717, 1.165) is 22.7 Å². The summed E-state index contributed by atoms with van der Waals surface area (Å²) in [4.78, 5) is 11.9. The topological polar surface area (TPSA) is 55.1 Å². The number of carbonyl (C=O) groups is 1. The third kappa shape index (κ3) is 3.33. The van der Waals surface area contributed by atoms with E-state index in [1.54, 1.807) is 18.2 Å². The second-order valence-corrected chi connectivity index (χ2v) is 5.07. The van der Waals surface area contributed by atoms with E-state index < -0.39 is 17.5 Å². The molecule has 0 aromatic heterocycles. The Kier molecular flexibility index (Phi) is 4.34. The Morgan fingerprint density at radius 1 is 1.20 bits per heavy atom. The van der Waals surface area contributed by atoms with E-state index in [9.17, 15) is 13.6 Å². The number of halogens is 3. The molecule has 0 saturated carbocycles. The zero-order valence-corrected chi connectivity index (χ0v) is 11.9. The number of nitrogen functional groups attached to an aromatic ring is 1. The van der Waals surface area contributed by atoms with Crippen molar-refractivity contribution in [1.82, 2.24) is 5.32 Å². The number of benzene rings is 2. The Labute approximate surface area is 122 Å². The molecule has 0 aliphatic heterocycles. The maximum atomic E-state index is 13.4. The molecule has 0 bridgehead atoms. The minimum atomic E-state index is -0.574. The molecule has 104 valence electrons. The lowest BCUT2D eigenvalue weighted by Gasteiger charge is -2.08. The first-order chi connectivity index (χ1) is 9.47. The highest BCUT2D eigenvalue weighted by Gasteiger charge is 2.11. The fraction of sp³-hybridized carbons (Fsp3) is 0.0714. The van der Waals surface area contributed by atoms with Crippen molar-refractivity contribution < 1.29 is 13.6 Å². The first-order valence-corrected chi connectivity index (χ1v) is 6.54. The van der Waals surface area contributed by atoms with E-state index in [1.165, 1.54) is 0 Å². The average Bonchev–Trinajstić information content (AvgIpc) is 2.39. The molecule has 0 atom stereocenters. The third-order valence-electron chi connectivity index (χ3n) is 2.71. The summed E-state index contributed by atoms with van der Waals surface area (Å²) in [6.07, 6.45) is 0. The summed E-state index contributed by atoms with van der Waals surface area (Å²) in [5.74, 6) is -1.58. The molecular weight excluding hydrogens is 330 g/mol. The van der Waals surface area contributed by atoms with E-state index in [0.29, 0.717) is 5.69 Å². The first-order valence-electron chi connectivity index (χ1n) is 5.74. The highest BCUT2D eigenvalue weighted by molar-refractivity contribution is 9.10. The molecule has 0 heterocycles. The van der Waals surface area contributed by atoms with Gasteiger partial charge in [-0.15, -0.1) is 0 Å². The van der Waals surface area contributed by atoms with Crippen molar-refractivity contribution in [3.05, 3.63) is 63.6 Å². The molecule has 3 N–H and O–H groups in total. The third-order valence-corrected chi connectivity index (χ3v) is 3.20. The maximum absolute atomic E-state index is 13.4. The van der Waals surface area contributed by atoms with Crippen LogP contribution in [0.3, 0.4) is 0 Å². The summed E-state index contributed by atoms with van der Waals surface area (Å²) in [7, 11) is 0. The van der Waals surface area contributed by atoms with Gasteiger partial charge in [0.2, 0.25) is 0 Å². The molecule has 0 fully saturated rings. The highest BCUT2D eigenvalue weighted by atomic mass is 79.9. The van der Waals surface area contributed by atoms with Crippen molar-refractivity contribution >= 4 is 27.5 Å². The molecule has 2 aromatic rings. The Morgan fingerprint density at radius 3 is 2.65 bits per heavy atom. The fourth-order valence-corrected chi connectivity index (χ4v) is 2.07. The van der Waals surface area contributed by atoms with Crippen LogP contribution in [0.2, 0.25) is 0 Å². The summed E-state index contributed by atoms with van der Waals surface area (Å²) in [6, 6.07) is 7.90. The number of amides is 1. The molecule has 3 nitrogen and oxygen atoms in total. The van der Waals surface area contributed by atoms with Crippen LogP contribution in [0.5, 0.6) is 0 Å². The molecule has 0 aliphatic carbocycles. The zero-order chi connectivity index (χ0) is 14.7. The quantitative estimate of drug-likeness (QED) is 0.842. The smallest absolute Gasteiger partial charge is 0.253 e. The van der Waals surface area contributed by atoms with Crippen molar-refractivity contribution in [1.29, 1.82) is 0 Å². The molecule has 0 saturated heterocycles. The van der Waals surface area contributed by atoms with E-state index in [1.807, 2.05) is 0 Å². The largest absolute Gasteiger partial charge is 0.398 e. The monoisotopic (exact) mass is 340 g/mol. The molecule has 20 heavy (non-hydrogen) atoms. The van der Waals surface area contributed by atoms with Crippen LogP contribution in [0.4, 0.5) is 14.5 Å². The van der Waals surface area contributed by atoms with Crippen LogP contribution in [-0.4, -0.2) is 5.91 Å².